The molecule has 1 aromatic heterocycles. The van der Waals surface area contributed by atoms with Crippen molar-refractivity contribution in [2.24, 2.45) is 0 Å². The van der Waals surface area contributed by atoms with Gasteiger partial charge in [-0.1, -0.05) is 0 Å². The first-order valence-electron chi connectivity index (χ1n) is 4.04. The minimum Gasteiger partial charge on any atom is -0.468 e. The Labute approximate surface area is 82.1 Å². The van der Waals surface area contributed by atoms with Gasteiger partial charge in [0.15, 0.2) is 0 Å². The van der Waals surface area contributed by atoms with Crippen LogP contribution in [0.5, 0.6) is 0 Å². The number of hydrogen-bond acceptors (Lipinski definition) is 4. The van der Waals surface area contributed by atoms with E-state index in [2.05, 4.69) is 11.4 Å². The quantitative estimate of drug-likeness (QED) is 0.777. The van der Waals surface area contributed by atoms with Crippen LogP contribution in [0.3, 0.4) is 0 Å². The minimum atomic E-state index is -0.0695. The summed E-state index contributed by atoms with van der Waals surface area (Å²) in [6.07, 6.45) is 1.66. The van der Waals surface area contributed by atoms with Crippen molar-refractivity contribution in [1.82, 2.24) is 5.32 Å². The van der Waals surface area contributed by atoms with E-state index in [-0.39, 0.29) is 6.04 Å². The Morgan fingerprint density at radius 2 is 2.62 bits per heavy atom. The molecule has 4 heteroatoms. The number of nitrogens with zero attached hydrogens (tertiary/aromatic N) is 1. The zero-order chi connectivity index (χ0) is 9.52. The van der Waals surface area contributed by atoms with E-state index in [1.165, 1.54) is 0 Å². The molecule has 0 amide bonds. The first-order valence-corrected chi connectivity index (χ1v) is 5.19. The average molecular weight is 196 g/mol. The average Bonchev–Trinajstić information content (AvgIpc) is 2.65. The van der Waals surface area contributed by atoms with Gasteiger partial charge < -0.3 is 9.73 Å². The van der Waals surface area contributed by atoms with E-state index in [0.29, 0.717) is 0 Å². The SMILES string of the molecule is CNC(C#N)CSCc1ccco1. The number of nitrogens with one attached hydrogen (secondary N) is 1. The molecule has 0 aliphatic rings. The smallest absolute Gasteiger partial charge is 0.113 e. The lowest BCUT2D eigenvalue weighted by Gasteiger charge is -2.05. The summed E-state index contributed by atoms with van der Waals surface area (Å²) in [7, 11) is 1.79. The molecule has 1 unspecified atom stereocenters. The fourth-order valence-electron chi connectivity index (χ4n) is 0.857. The summed E-state index contributed by atoms with van der Waals surface area (Å²) in [5, 5.41) is 11.6. The Hall–Kier alpha value is -0.920. The van der Waals surface area contributed by atoms with Crippen LogP contribution in [0.1, 0.15) is 5.76 Å². The Balaban J connectivity index is 2.18. The van der Waals surface area contributed by atoms with E-state index in [1.54, 1.807) is 25.1 Å². The maximum atomic E-state index is 8.63. The first-order chi connectivity index (χ1) is 6.36. The maximum absolute atomic E-state index is 8.63. The summed E-state index contributed by atoms with van der Waals surface area (Å²) in [5.41, 5.74) is 0. The molecule has 0 saturated carbocycles. The van der Waals surface area contributed by atoms with Crippen LogP contribution in [-0.2, 0) is 5.75 Å². The van der Waals surface area contributed by atoms with Crippen LogP contribution in [0.25, 0.3) is 0 Å². The molecule has 70 valence electrons. The lowest BCUT2D eigenvalue weighted by atomic mass is 10.4. The van der Waals surface area contributed by atoms with Gasteiger partial charge in [-0.3, -0.25) is 0 Å². The largest absolute Gasteiger partial charge is 0.468 e. The topological polar surface area (TPSA) is 49.0 Å². The standard InChI is InChI=1S/C9H12N2OS/c1-11-8(5-10)6-13-7-9-3-2-4-12-9/h2-4,8,11H,6-7H2,1H3. The van der Waals surface area contributed by atoms with Crippen molar-refractivity contribution >= 4 is 11.8 Å². The molecule has 1 heterocycles. The molecular weight excluding hydrogens is 184 g/mol. The van der Waals surface area contributed by atoms with E-state index in [9.17, 15) is 0 Å². The maximum Gasteiger partial charge on any atom is 0.113 e. The van der Waals surface area contributed by atoms with E-state index >= 15 is 0 Å². The van der Waals surface area contributed by atoms with Crippen LogP contribution in [0.4, 0.5) is 0 Å². The van der Waals surface area contributed by atoms with Gasteiger partial charge in [-0.2, -0.15) is 17.0 Å². The third-order valence-electron chi connectivity index (χ3n) is 1.61. The highest BCUT2D eigenvalue weighted by molar-refractivity contribution is 7.98. The van der Waals surface area contributed by atoms with Gasteiger partial charge in [0.2, 0.25) is 0 Å². The van der Waals surface area contributed by atoms with Crippen LogP contribution >= 0.6 is 11.8 Å². The van der Waals surface area contributed by atoms with Crippen LogP contribution in [-0.4, -0.2) is 18.8 Å². The molecular formula is C9H12N2OS. The molecule has 1 atom stereocenters. The lowest BCUT2D eigenvalue weighted by Crippen LogP contribution is -2.25. The number of nitriles is 1. The zero-order valence-electron chi connectivity index (χ0n) is 7.49. The summed E-state index contributed by atoms with van der Waals surface area (Å²) in [5.74, 6) is 2.57. The van der Waals surface area contributed by atoms with Gasteiger partial charge >= 0.3 is 0 Å². The van der Waals surface area contributed by atoms with Gasteiger partial charge in [-0.25, -0.2) is 0 Å². The van der Waals surface area contributed by atoms with Crippen molar-refractivity contribution in [2.45, 2.75) is 11.8 Å². The lowest BCUT2D eigenvalue weighted by molar-refractivity contribution is 0.530. The van der Waals surface area contributed by atoms with Crippen molar-refractivity contribution in [3.8, 4) is 6.07 Å². The number of hydrogen-bond donors (Lipinski definition) is 1. The van der Waals surface area contributed by atoms with Gasteiger partial charge in [0.25, 0.3) is 0 Å². The van der Waals surface area contributed by atoms with Gasteiger partial charge in [-0.05, 0) is 19.2 Å². The number of thioether (sulfide) groups is 1. The van der Waals surface area contributed by atoms with Gasteiger partial charge in [0.1, 0.15) is 11.8 Å². The Morgan fingerprint density at radius 1 is 1.77 bits per heavy atom. The Bertz CT molecular complexity index is 266. The highest BCUT2D eigenvalue weighted by Crippen LogP contribution is 2.12. The third kappa shape index (κ3) is 3.53. The predicted octanol–water partition coefficient (Wildman–Crippen LogP) is 1.62. The van der Waals surface area contributed by atoms with Crippen molar-refractivity contribution in [1.29, 1.82) is 5.26 Å². The second kappa shape index (κ2) is 5.68. The molecule has 0 radical (unpaired) electrons. The summed E-state index contributed by atoms with van der Waals surface area (Å²) in [4.78, 5) is 0. The van der Waals surface area contributed by atoms with Gasteiger partial charge in [0.05, 0.1) is 18.1 Å². The molecule has 0 spiro atoms. The summed E-state index contributed by atoms with van der Waals surface area (Å²) < 4.78 is 5.16. The van der Waals surface area contributed by atoms with Gasteiger partial charge in [0, 0.05) is 5.75 Å². The van der Waals surface area contributed by atoms with Gasteiger partial charge in [-0.15, -0.1) is 0 Å². The van der Waals surface area contributed by atoms with Crippen molar-refractivity contribution in [2.75, 3.05) is 12.8 Å². The molecule has 1 aromatic rings. The monoisotopic (exact) mass is 196 g/mol. The van der Waals surface area contributed by atoms with Crippen LogP contribution < -0.4 is 5.32 Å². The fraction of sp³-hybridized carbons (Fsp3) is 0.444. The first kappa shape index (κ1) is 10.2. The molecule has 1 N–H and O–H groups in total. The zero-order valence-corrected chi connectivity index (χ0v) is 8.30. The molecule has 13 heavy (non-hydrogen) atoms. The Kier molecular flexibility index (Phi) is 4.44. The second-order valence-electron chi connectivity index (χ2n) is 2.56. The van der Waals surface area contributed by atoms with Crippen molar-refractivity contribution < 1.29 is 4.42 Å². The Morgan fingerprint density at radius 3 is 3.15 bits per heavy atom. The highest BCUT2D eigenvalue weighted by Gasteiger charge is 2.04. The minimum absolute atomic E-state index is 0.0695. The summed E-state index contributed by atoms with van der Waals surface area (Å²) in [6, 6.07) is 5.91. The second-order valence-corrected chi connectivity index (χ2v) is 3.60. The van der Waals surface area contributed by atoms with Crippen LogP contribution in [0, 0.1) is 11.3 Å². The molecule has 0 saturated heterocycles. The van der Waals surface area contributed by atoms with E-state index in [4.69, 9.17) is 9.68 Å². The van der Waals surface area contributed by atoms with Crippen molar-refractivity contribution in [3.05, 3.63) is 24.2 Å². The van der Waals surface area contributed by atoms with E-state index in [0.717, 1.165) is 17.3 Å². The van der Waals surface area contributed by atoms with Crippen molar-refractivity contribution in [3.63, 3.8) is 0 Å². The van der Waals surface area contributed by atoms with E-state index < -0.39 is 0 Å². The van der Waals surface area contributed by atoms with Crippen LogP contribution in [0.15, 0.2) is 22.8 Å². The summed E-state index contributed by atoms with van der Waals surface area (Å²) in [6.45, 7) is 0. The summed E-state index contributed by atoms with van der Waals surface area (Å²) >= 11 is 1.69. The molecule has 0 aromatic carbocycles. The number of rotatable bonds is 5. The highest BCUT2D eigenvalue weighted by atomic mass is 32.2. The van der Waals surface area contributed by atoms with E-state index in [1.807, 2.05) is 12.1 Å². The fourth-order valence-corrected chi connectivity index (χ4v) is 1.82. The molecule has 0 fully saturated rings. The molecule has 3 nitrogen and oxygen atoms in total. The third-order valence-corrected chi connectivity index (χ3v) is 2.67. The molecule has 0 aliphatic heterocycles. The number of furan rings is 1. The predicted molar refractivity (Wildman–Crippen MR) is 53.3 cm³/mol. The normalized spacial score (nSPS) is 12.3. The van der Waals surface area contributed by atoms with Crippen LogP contribution in [0.2, 0.25) is 0 Å². The molecule has 0 bridgehead atoms. The molecule has 0 aliphatic carbocycles. The molecule has 1 rings (SSSR count).